The summed E-state index contributed by atoms with van der Waals surface area (Å²) < 4.78 is 0. The maximum absolute atomic E-state index is 10.00. The van der Waals surface area contributed by atoms with Crippen molar-refractivity contribution in [3.8, 4) is 0 Å². The minimum absolute atomic E-state index is 0.590. The van der Waals surface area contributed by atoms with Crippen LogP contribution < -0.4 is 0 Å². The van der Waals surface area contributed by atoms with Crippen LogP contribution in [0, 0.1) is 10.8 Å². The van der Waals surface area contributed by atoms with Gasteiger partial charge < -0.3 is 15.6 Å². The third-order valence-corrected chi connectivity index (χ3v) is 1.70. The van der Waals surface area contributed by atoms with Crippen LogP contribution in [-0.2, 0) is 4.79 Å². The number of aldehydes is 1. The fourth-order valence-corrected chi connectivity index (χ4v) is 0.961. The van der Waals surface area contributed by atoms with E-state index in [1.165, 1.54) is 12.4 Å². The highest BCUT2D eigenvalue weighted by atomic mass is 16.1. The summed E-state index contributed by atoms with van der Waals surface area (Å²) in [6, 6.07) is 0. The molecule has 72 valence electrons. The smallest absolute Gasteiger partial charge is 0.120 e. The van der Waals surface area contributed by atoms with Gasteiger partial charge in [0.2, 0.25) is 0 Å². The number of unbranched alkanes of at least 4 members (excludes halogenated alkanes) is 2. The van der Waals surface area contributed by atoms with E-state index in [1.807, 2.05) is 6.08 Å². The Hall–Kier alpha value is -1.25. The van der Waals surface area contributed by atoms with Gasteiger partial charge in [-0.05, 0) is 37.5 Å². The average Bonchev–Trinajstić information content (AvgIpc) is 2.17. The summed E-state index contributed by atoms with van der Waals surface area (Å²) in [4.78, 5) is 10.00. The zero-order valence-corrected chi connectivity index (χ0v) is 7.75. The number of allylic oxidation sites excluding steroid dienone is 2. The van der Waals surface area contributed by atoms with Crippen LogP contribution >= 0.6 is 0 Å². The van der Waals surface area contributed by atoms with Gasteiger partial charge in [-0.25, -0.2) is 0 Å². The summed E-state index contributed by atoms with van der Waals surface area (Å²) in [5, 5.41) is 13.9. The molecule has 13 heavy (non-hydrogen) atoms. The van der Waals surface area contributed by atoms with Crippen molar-refractivity contribution in [1.29, 1.82) is 10.8 Å². The molecule has 0 atom stereocenters. The lowest BCUT2D eigenvalue weighted by Gasteiger charge is -1.97. The Morgan fingerprint density at radius 3 is 2.46 bits per heavy atom. The summed E-state index contributed by atoms with van der Waals surface area (Å²) in [7, 11) is 0. The molecule has 0 saturated carbocycles. The van der Waals surface area contributed by atoms with E-state index in [9.17, 15) is 4.79 Å². The third-order valence-electron chi connectivity index (χ3n) is 1.70. The molecule has 0 bridgehead atoms. The highest BCUT2D eigenvalue weighted by Crippen LogP contribution is 2.04. The molecule has 0 saturated heterocycles. The van der Waals surface area contributed by atoms with Crippen LogP contribution in [0.4, 0.5) is 0 Å². The van der Waals surface area contributed by atoms with Crippen molar-refractivity contribution in [2.45, 2.75) is 32.1 Å². The lowest BCUT2D eigenvalue weighted by Crippen LogP contribution is -1.86. The number of carbonyl (C=O) groups excluding carboxylic acids is 1. The van der Waals surface area contributed by atoms with E-state index in [4.69, 9.17) is 10.8 Å². The molecule has 2 N–H and O–H groups in total. The molecule has 0 heterocycles. The Bertz CT molecular complexity index is 197. The van der Waals surface area contributed by atoms with Crippen molar-refractivity contribution in [3.63, 3.8) is 0 Å². The largest absolute Gasteiger partial charge is 0.313 e. The molecular formula is C10H16N2O. The van der Waals surface area contributed by atoms with Crippen LogP contribution in [0.5, 0.6) is 0 Å². The molecular weight excluding hydrogens is 164 g/mol. The molecule has 3 heteroatoms. The topological polar surface area (TPSA) is 64.8 Å². The number of hydrogen-bond acceptors (Lipinski definition) is 3. The average molecular weight is 180 g/mol. The van der Waals surface area contributed by atoms with Gasteiger partial charge in [-0.3, -0.25) is 0 Å². The lowest BCUT2D eigenvalue weighted by atomic mass is 10.1. The van der Waals surface area contributed by atoms with Gasteiger partial charge in [0.05, 0.1) is 0 Å². The third kappa shape index (κ3) is 7.12. The minimum atomic E-state index is 0.590. The summed E-state index contributed by atoms with van der Waals surface area (Å²) in [6.45, 7) is 0. The fraction of sp³-hybridized carbons (Fsp3) is 0.500. The van der Waals surface area contributed by atoms with Gasteiger partial charge in [0.15, 0.2) is 0 Å². The molecule has 0 radical (unpaired) electrons. The second-order valence-electron chi connectivity index (χ2n) is 2.76. The van der Waals surface area contributed by atoms with Crippen molar-refractivity contribution >= 4 is 18.7 Å². The molecule has 0 aliphatic rings. The van der Waals surface area contributed by atoms with Crippen LogP contribution in [0.15, 0.2) is 11.6 Å². The van der Waals surface area contributed by atoms with Gasteiger partial charge >= 0.3 is 0 Å². The highest BCUT2D eigenvalue weighted by molar-refractivity contribution is 5.76. The Labute approximate surface area is 78.9 Å². The van der Waals surface area contributed by atoms with E-state index in [2.05, 4.69) is 0 Å². The number of hydrogen-bond donors (Lipinski definition) is 2. The molecule has 0 spiro atoms. The summed E-state index contributed by atoms with van der Waals surface area (Å²) in [5.41, 5.74) is 0.953. The van der Waals surface area contributed by atoms with Gasteiger partial charge in [-0.1, -0.05) is 6.08 Å². The zero-order chi connectivity index (χ0) is 9.94. The van der Waals surface area contributed by atoms with Crippen LogP contribution in [0.1, 0.15) is 32.1 Å². The van der Waals surface area contributed by atoms with Gasteiger partial charge in [0, 0.05) is 12.6 Å². The van der Waals surface area contributed by atoms with Gasteiger partial charge in [-0.15, -0.1) is 0 Å². The monoisotopic (exact) mass is 180 g/mol. The van der Waals surface area contributed by atoms with Crippen LogP contribution in [-0.4, -0.2) is 18.7 Å². The van der Waals surface area contributed by atoms with E-state index >= 15 is 0 Å². The fourth-order valence-electron chi connectivity index (χ4n) is 0.961. The Morgan fingerprint density at radius 2 is 1.92 bits per heavy atom. The summed E-state index contributed by atoms with van der Waals surface area (Å²) >= 11 is 0. The second-order valence-corrected chi connectivity index (χ2v) is 2.76. The molecule has 0 aromatic rings. The number of nitrogens with one attached hydrogen (secondary N) is 2. The van der Waals surface area contributed by atoms with E-state index in [1.54, 1.807) is 0 Å². The Balaban J connectivity index is 3.70. The second kappa shape index (κ2) is 8.84. The highest BCUT2D eigenvalue weighted by Gasteiger charge is 1.91. The first-order valence-corrected chi connectivity index (χ1v) is 4.47. The van der Waals surface area contributed by atoms with Crippen LogP contribution in [0.3, 0.4) is 0 Å². The summed E-state index contributed by atoms with van der Waals surface area (Å²) in [6.07, 6.45) is 9.30. The normalized spacial score (nSPS) is 10.9. The van der Waals surface area contributed by atoms with Gasteiger partial charge in [-0.2, -0.15) is 0 Å². The molecule has 0 aliphatic heterocycles. The lowest BCUT2D eigenvalue weighted by molar-refractivity contribution is -0.107. The molecule has 0 aliphatic carbocycles. The molecule has 0 rings (SSSR count). The predicted molar refractivity (Wildman–Crippen MR) is 54.8 cm³/mol. The first-order chi connectivity index (χ1) is 6.35. The van der Waals surface area contributed by atoms with Crippen molar-refractivity contribution in [2.75, 3.05) is 0 Å². The molecule has 0 aromatic carbocycles. The maximum atomic E-state index is 10.00. The minimum Gasteiger partial charge on any atom is -0.313 e. The van der Waals surface area contributed by atoms with E-state index in [-0.39, 0.29) is 0 Å². The molecule has 0 amide bonds. The van der Waals surface area contributed by atoms with Crippen molar-refractivity contribution < 1.29 is 4.79 Å². The van der Waals surface area contributed by atoms with Crippen LogP contribution in [0.2, 0.25) is 0 Å². The molecule has 3 nitrogen and oxygen atoms in total. The van der Waals surface area contributed by atoms with E-state index in [0.717, 1.165) is 31.1 Å². The zero-order valence-electron chi connectivity index (χ0n) is 7.75. The van der Waals surface area contributed by atoms with Crippen molar-refractivity contribution in [1.82, 2.24) is 0 Å². The standard InChI is InChI=1S/C10H16N2O/c11-7-4-6-10(9-12)5-2-1-3-8-13/h5,7-9,11-12H,1-4,6H2/b10-5-,11-7?,12-9?. The van der Waals surface area contributed by atoms with Crippen molar-refractivity contribution in [2.24, 2.45) is 0 Å². The quantitative estimate of drug-likeness (QED) is 0.336. The molecule has 0 fully saturated rings. The van der Waals surface area contributed by atoms with Gasteiger partial charge in [0.25, 0.3) is 0 Å². The van der Waals surface area contributed by atoms with Crippen LogP contribution in [0.25, 0.3) is 0 Å². The maximum Gasteiger partial charge on any atom is 0.120 e. The first kappa shape index (κ1) is 11.8. The molecule has 0 aromatic heterocycles. The SMILES string of the molecule is N=CCC/C(C=N)=C/CCCC=O. The van der Waals surface area contributed by atoms with Crippen molar-refractivity contribution in [3.05, 3.63) is 11.6 Å². The number of carbonyl (C=O) groups is 1. The Kier molecular flexibility index (Phi) is 7.99. The van der Waals surface area contributed by atoms with E-state index in [0.29, 0.717) is 12.8 Å². The first-order valence-electron chi connectivity index (χ1n) is 4.47. The van der Waals surface area contributed by atoms with E-state index < -0.39 is 0 Å². The molecule has 0 unspecified atom stereocenters. The summed E-state index contributed by atoms with van der Waals surface area (Å²) in [5.74, 6) is 0. The number of rotatable bonds is 8. The Morgan fingerprint density at radius 1 is 1.15 bits per heavy atom. The predicted octanol–water partition coefficient (Wildman–Crippen LogP) is 2.36. The van der Waals surface area contributed by atoms with Gasteiger partial charge in [0.1, 0.15) is 6.29 Å².